The molecule has 29 nitrogen and oxygen atoms in total. The Kier molecular flexibility index (Phi) is 44.8. The Morgan fingerprint density at radius 3 is 0.878 bits per heavy atom. The Morgan fingerprint density at radius 2 is 0.556 bits per heavy atom. The van der Waals surface area contributed by atoms with Crippen LogP contribution in [0.15, 0.2) is 50.8 Å². The van der Waals surface area contributed by atoms with Gasteiger partial charge >= 0.3 is 77.1 Å². The largest absolute Gasteiger partial charge is 0.466 e. The highest BCUT2D eigenvalue weighted by atomic mass is 16.6. The van der Waals surface area contributed by atoms with Crippen molar-refractivity contribution in [3.63, 3.8) is 0 Å². The number of ether oxygens (including phenoxy) is 10. The van der Waals surface area contributed by atoms with Crippen molar-refractivity contribution in [3.8, 4) is 0 Å². The Morgan fingerprint density at radius 1 is 0.300 bits per heavy atom. The molecular weight excluding hydrogens is 1180 g/mol. The van der Waals surface area contributed by atoms with E-state index in [0.29, 0.717) is 142 Å². The molecule has 0 aliphatic carbocycles. The molecule has 0 fully saturated rings. The number of nitrogens with one attached hydrogen (secondary N) is 3. The molecule has 29 heteroatoms. The Labute approximate surface area is 525 Å². The molecule has 1 rings (SSSR count). The average molecular weight is 1280 g/mol. The van der Waals surface area contributed by atoms with Crippen LogP contribution >= 0.6 is 0 Å². The second-order valence-corrected chi connectivity index (χ2v) is 20.9. The van der Waals surface area contributed by atoms with Crippen LogP contribution in [0.25, 0.3) is 0 Å². The van der Waals surface area contributed by atoms with Crippen molar-refractivity contribution < 1.29 is 95.3 Å². The van der Waals surface area contributed by atoms with Crippen LogP contribution in [0.3, 0.4) is 0 Å². The molecule has 1 aromatic heterocycles. The van der Waals surface area contributed by atoms with Crippen LogP contribution in [0, 0.1) is 0 Å². The Balaban J connectivity index is 2.60. The average Bonchev–Trinajstić information content (AvgIpc) is 3.34. The van der Waals surface area contributed by atoms with Gasteiger partial charge in [-0.15, -0.1) is 0 Å². The van der Waals surface area contributed by atoms with E-state index >= 15 is 0 Å². The van der Waals surface area contributed by atoms with E-state index in [9.17, 15) is 62.3 Å². The number of rotatable bonds is 52. The normalized spacial score (nSPS) is 10.6. The Bertz CT molecular complexity index is 2500. The molecule has 508 valence electrons. The lowest BCUT2D eigenvalue weighted by atomic mass is 10.2. The van der Waals surface area contributed by atoms with Gasteiger partial charge in [-0.2, -0.15) is 0 Å². The molecule has 3 amide bonds. The van der Waals surface area contributed by atoms with E-state index in [-0.39, 0.29) is 122 Å². The highest BCUT2D eigenvalue weighted by molar-refractivity contribution is 5.87. The summed E-state index contributed by atoms with van der Waals surface area (Å²) in [6.07, 6.45) is 9.13. The number of aromatic nitrogens is 3. The van der Waals surface area contributed by atoms with Crippen LogP contribution in [0.4, 0.5) is 14.4 Å². The monoisotopic (exact) mass is 1280 g/mol. The van der Waals surface area contributed by atoms with Crippen molar-refractivity contribution >= 4 is 60.1 Å². The maximum atomic E-state index is 13.7. The van der Waals surface area contributed by atoms with Gasteiger partial charge in [0.15, 0.2) is 0 Å². The van der Waals surface area contributed by atoms with E-state index in [0.717, 1.165) is 13.7 Å². The van der Waals surface area contributed by atoms with E-state index in [1.165, 1.54) is 20.8 Å². The van der Waals surface area contributed by atoms with Crippen LogP contribution in [0.1, 0.15) is 175 Å². The van der Waals surface area contributed by atoms with Crippen molar-refractivity contribution in [2.24, 2.45) is 0 Å². The summed E-state index contributed by atoms with van der Waals surface area (Å²) in [5, 5.41) is 7.75. The highest BCUT2D eigenvalue weighted by Gasteiger charge is 2.18. The number of hydrogen-bond donors (Lipinski definition) is 3. The summed E-state index contributed by atoms with van der Waals surface area (Å²) in [5.74, 6) is -3.37. The summed E-state index contributed by atoms with van der Waals surface area (Å²) in [5.41, 5.74) is -1.93. The van der Waals surface area contributed by atoms with Gasteiger partial charge < -0.3 is 63.3 Å². The lowest BCUT2D eigenvalue weighted by molar-refractivity contribution is -0.150. The fraction of sp³-hybridized carbons (Fsp3) is 0.689. The molecule has 3 N–H and O–H groups in total. The van der Waals surface area contributed by atoms with Crippen molar-refractivity contribution in [2.75, 3.05) is 79.2 Å². The van der Waals surface area contributed by atoms with E-state index in [4.69, 9.17) is 47.4 Å². The van der Waals surface area contributed by atoms with Crippen LogP contribution < -0.4 is 33.0 Å². The third kappa shape index (κ3) is 41.0. The van der Waals surface area contributed by atoms with Crippen LogP contribution in [-0.4, -0.2) is 153 Å². The van der Waals surface area contributed by atoms with Gasteiger partial charge in [0.05, 0.1) is 26.4 Å². The quantitative estimate of drug-likeness (QED) is 0.0283. The minimum atomic E-state index is -0.927. The smallest absolute Gasteiger partial charge is 0.408 e. The maximum absolute atomic E-state index is 13.7. The lowest BCUT2D eigenvalue weighted by Crippen LogP contribution is -2.56. The van der Waals surface area contributed by atoms with E-state index in [1.54, 1.807) is 0 Å². The van der Waals surface area contributed by atoms with Crippen molar-refractivity contribution in [1.29, 1.82) is 0 Å². The van der Waals surface area contributed by atoms with Crippen molar-refractivity contribution in [1.82, 2.24) is 29.7 Å². The third-order valence-corrected chi connectivity index (χ3v) is 12.8. The number of carbonyl (C=O) groups excluding carboxylic acids is 10. The standard InChI is InChI=1S/C61H96N6O23/c1-46(2)53(72)85-42-39-82-50(69)28-15-11-23-35-81-49(68)27-16-12-26-38-90-58(77)64-45-67-60(79)65(33-21-9-7-19-31-62-56(75)88-36-24-13-17-29-51(70)83-40-43-86-54(73)47(3)4)59(78)66(61(67)80)34-22-10-8-20-32-63-57(76)89-37-25-14-18-30-52(71)84-41-44-87-55(74)48(5)6/h1,3,5,7-45H2,2,4,6H3,(H,62,75)(H,63,76)(H,64,77). The predicted molar refractivity (Wildman–Crippen MR) is 324 cm³/mol. The number of carbonyl (C=O) groups is 10. The number of nitrogens with zero attached hydrogens (tertiary/aromatic N) is 3. The van der Waals surface area contributed by atoms with Gasteiger partial charge in [0.25, 0.3) is 0 Å². The van der Waals surface area contributed by atoms with Gasteiger partial charge in [-0.25, -0.2) is 56.9 Å². The minimum absolute atomic E-state index is 0.0277. The second kappa shape index (κ2) is 50.6. The predicted octanol–water partition coefficient (Wildman–Crippen LogP) is 6.20. The first-order chi connectivity index (χ1) is 43.1. The second-order valence-electron chi connectivity index (χ2n) is 20.9. The summed E-state index contributed by atoms with van der Waals surface area (Å²) in [7, 11) is 0. The first kappa shape index (κ1) is 79.7. The van der Waals surface area contributed by atoms with Gasteiger partial charge in [0.2, 0.25) is 0 Å². The van der Waals surface area contributed by atoms with Gasteiger partial charge in [-0.1, -0.05) is 45.4 Å². The van der Waals surface area contributed by atoms with Crippen molar-refractivity contribution in [3.05, 3.63) is 67.9 Å². The molecular formula is C61H96N6O23. The Hall–Kier alpha value is -8.27. The van der Waals surface area contributed by atoms with Gasteiger partial charge in [-0.05, 0) is 124 Å². The molecule has 0 spiro atoms. The molecule has 0 saturated heterocycles. The first-order valence-electron chi connectivity index (χ1n) is 30.9. The molecule has 0 aliphatic heterocycles. The van der Waals surface area contributed by atoms with Gasteiger partial charge in [0.1, 0.15) is 46.3 Å². The molecule has 0 saturated carbocycles. The summed E-state index contributed by atoms with van der Waals surface area (Å²) < 4.78 is 53.2. The number of esters is 7. The molecule has 90 heavy (non-hydrogen) atoms. The molecule has 0 aliphatic rings. The van der Waals surface area contributed by atoms with Gasteiger partial charge in [-0.3, -0.25) is 19.2 Å². The summed E-state index contributed by atoms with van der Waals surface area (Å²) >= 11 is 0. The summed E-state index contributed by atoms with van der Waals surface area (Å²) in [6, 6.07) is 0. The first-order valence-corrected chi connectivity index (χ1v) is 30.9. The van der Waals surface area contributed by atoms with Crippen LogP contribution in [0.5, 0.6) is 0 Å². The molecule has 0 aromatic carbocycles. The van der Waals surface area contributed by atoms with E-state index in [1.807, 2.05) is 0 Å². The zero-order valence-corrected chi connectivity index (χ0v) is 52.9. The summed E-state index contributed by atoms with van der Waals surface area (Å²) in [6.45, 7) is 15.0. The molecule has 0 atom stereocenters. The zero-order chi connectivity index (χ0) is 66.7. The van der Waals surface area contributed by atoms with Crippen LogP contribution in [-0.2, 0) is 101 Å². The lowest BCUT2D eigenvalue weighted by Gasteiger charge is -2.15. The topological polar surface area (TPSA) is 365 Å². The number of alkyl carbamates (subject to hydrolysis) is 3. The molecule has 0 unspecified atom stereocenters. The van der Waals surface area contributed by atoms with Crippen molar-refractivity contribution in [2.45, 2.75) is 195 Å². The fourth-order valence-electron chi connectivity index (χ4n) is 7.78. The summed E-state index contributed by atoms with van der Waals surface area (Å²) in [4.78, 5) is 160. The van der Waals surface area contributed by atoms with Gasteiger partial charge in [0, 0.05) is 68.6 Å². The highest BCUT2D eigenvalue weighted by Crippen LogP contribution is 2.08. The number of amides is 3. The third-order valence-electron chi connectivity index (χ3n) is 12.8. The number of unbranched alkanes of at least 4 members (excludes halogenated alkanes) is 14. The van der Waals surface area contributed by atoms with E-state index < -0.39 is 83.8 Å². The van der Waals surface area contributed by atoms with Crippen LogP contribution in [0.2, 0.25) is 0 Å². The zero-order valence-electron chi connectivity index (χ0n) is 52.9. The number of hydrogen-bond acceptors (Lipinski definition) is 23. The maximum Gasteiger partial charge on any atom is 0.408 e. The molecule has 1 heterocycles. The fourth-order valence-corrected chi connectivity index (χ4v) is 7.78. The van der Waals surface area contributed by atoms with E-state index in [2.05, 4.69) is 35.7 Å². The SMILES string of the molecule is C=C(C)C(=O)OCCOC(=O)CCCCCOC(=O)CCCCCOC(=O)NCn1c(=O)n(CCCCCCNC(=O)OCCCCCC(=O)OCCOC(=O)C(=C)C)c(=O)n(CCCCCCNC(=O)OCCCCCC(=O)OCCOC(=O)C(=C)C)c1=O. The molecule has 0 radical (unpaired) electrons. The minimum Gasteiger partial charge on any atom is -0.466 e. The molecule has 0 bridgehead atoms. The molecule has 1 aromatic rings.